The molecule has 0 bridgehead atoms. The predicted octanol–water partition coefficient (Wildman–Crippen LogP) is 3.54. The van der Waals surface area contributed by atoms with Crippen molar-refractivity contribution >= 4 is 74.2 Å². The number of thiophene rings is 1. The van der Waals surface area contributed by atoms with Crippen LogP contribution in [0.4, 0.5) is 16.4 Å². The van der Waals surface area contributed by atoms with Crippen LogP contribution in [0.5, 0.6) is 0 Å². The number of piperidine rings is 2. The molecule has 2 aromatic heterocycles. The molecule has 2 fully saturated rings. The first-order chi connectivity index (χ1) is 23.9. The molecule has 4 amide bonds. The van der Waals surface area contributed by atoms with Crippen molar-refractivity contribution in [3.63, 3.8) is 0 Å². The molecule has 2 saturated heterocycles. The van der Waals surface area contributed by atoms with E-state index in [0.717, 1.165) is 53.9 Å². The van der Waals surface area contributed by atoms with E-state index in [1.165, 1.54) is 22.4 Å². The number of amides is 4. The number of anilines is 3. The highest BCUT2D eigenvalue weighted by Gasteiger charge is 2.40. The second kappa shape index (κ2) is 13.8. The third-order valence-electron chi connectivity index (χ3n) is 9.03. The van der Waals surface area contributed by atoms with Crippen molar-refractivity contribution in [2.45, 2.75) is 44.3 Å². The zero-order valence-electron chi connectivity index (χ0n) is 26.6. The Balaban J connectivity index is 0.901. The molecule has 13 nitrogen and oxygen atoms in total. The average molecular weight is 678 g/mol. The van der Waals surface area contributed by atoms with Crippen molar-refractivity contribution < 1.29 is 19.2 Å². The van der Waals surface area contributed by atoms with Gasteiger partial charge in [0.05, 0.1) is 47.6 Å². The number of hydrogen-bond acceptors (Lipinski definition) is 11. The summed E-state index contributed by atoms with van der Waals surface area (Å²) in [5, 5.41) is 10.7. The zero-order chi connectivity index (χ0) is 33.9. The number of para-hydroxylation sites is 2. The maximum Gasteiger partial charge on any atom is 0.256 e. The number of carbonyl (C=O) groups is 4. The number of aromatic nitrogens is 2. The molecule has 3 aliphatic rings. The highest BCUT2D eigenvalue weighted by atomic mass is 32.1. The van der Waals surface area contributed by atoms with Crippen molar-refractivity contribution in [2.24, 2.45) is 10.7 Å². The van der Waals surface area contributed by atoms with Gasteiger partial charge >= 0.3 is 0 Å². The number of nitrogens with zero attached hydrogens (tertiary/aromatic N) is 5. The number of allylic oxidation sites excluding steroid dienone is 1. The van der Waals surface area contributed by atoms with E-state index >= 15 is 0 Å². The van der Waals surface area contributed by atoms with Crippen LogP contribution in [-0.2, 0) is 20.9 Å². The molecule has 0 saturated carbocycles. The SMILES string of the molecule is NC=C(C=NC1CCN(c2cccc(NCC(=O)Nc3scc4c3CN(C3CCC(=O)NC3=O)C4=O)c2)CC1)c1cnc2ccccc2n1. The minimum absolute atomic E-state index is 0.0380. The average Bonchev–Trinajstić information content (AvgIpc) is 3.67. The summed E-state index contributed by atoms with van der Waals surface area (Å²) < 4.78 is 0. The molecule has 0 spiro atoms. The molecule has 2 aromatic carbocycles. The van der Waals surface area contributed by atoms with Gasteiger partial charge in [-0.15, -0.1) is 11.3 Å². The highest BCUT2D eigenvalue weighted by molar-refractivity contribution is 7.15. The molecule has 3 aliphatic heterocycles. The number of aliphatic imine (C=N–C) groups is 1. The van der Waals surface area contributed by atoms with E-state index in [2.05, 4.69) is 36.9 Å². The van der Waals surface area contributed by atoms with Crippen LogP contribution in [0.1, 0.15) is 47.3 Å². The minimum atomic E-state index is -0.698. The van der Waals surface area contributed by atoms with Crippen LogP contribution in [0.25, 0.3) is 16.6 Å². The molecule has 250 valence electrons. The van der Waals surface area contributed by atoms with Crippen LogP contribution in [0, 0.1) is 0 Å². The first-order valence-electron chi connectivity index (χ1n) is 16.2. The number of rotatable bonds is 9. The second-order valence-electron chi connectivity index (χ2n) is 12.2. The number of nitrogens with one attached hydrogen (secondary N) is 3. The molecule has 49 heavy (non-hydrogen) atoms. The Bertz CT molecular complexity index is 2000. The molecule has 1 atom stereocenters. The summed E-state index contributed by atoms with van der Waals surface area (Å²) in [6.45, 7) is 1.92. The molecule has 0 radical (unpaired) electrons. The fraction of sp³-hybridized carbons (Fsp3) is 0.286. The van der Waals surface area contributed by atoms with Gasteiger partial charge in [-0.3, -0.25) is 34.5 Å². The van der Waals surface area contributed by atoms with Gasteiger partial charge in [0.15, 0.2) is 0 Å². The number of carbonyl (C=O) groups excluding carboxylic acids is 4. The van der Waals surface area contributed by atoms with E-state index in [1.807, 2.05) is 42.5 Å². The maximum atomic E-state index is 13.0. The maximum absolute atomic E-state index is 13.0. The van der Waals surface area contributed by atoms with Crippen LogP contribution in [0.15, 0.2) is 71.3 Å². The van der Waals surface area contributed by atoms with E-state index in [0.29, 0.717) is 21.8 Å². The Kier molecular flexibility index (Phi) is 9.03. The largest absolute Gasteiger partial charge is 0.404 e. The number of hydrogen-bond donors (Lipinski definition) is 4. The van der Waals surface area contributed by atoms with Crippen molar-refractivity contribution in [1.29, 1.82) is 0 Å². The minimum Gasteiger partial charge on any atom is -0.404 e. The lowest BCUT2D eigenvalue weighted by atomic mass is 10.0. The molecule has 7 rings (SSSR count). The van der Waals surface area contributed by atoms with Crippen molar-refractivity contribution in [3.05, 3.63) is 83.1 Å². The summed E-state index contributed by atoms with van der Waals surface area (Å²) in [5.74, 6) is -1.31. The van der Waals surface area contributed by atoms with E-state index in [4.69, 9.17) is 10.7 Å². The molecular formula is C35H35N9O4S. The van der Waals surface area contributed by atoms with Crippen LogP contribution >= 0.6 is 11.3 Å². The third kappa shape index (κ3) is 6.85. The van der Waals surface area contributed by atoms with E-state index in [1.54, 1.807) is 17.8 Å². The lowest BCUT2D eigenvalue weighted by Gasteiger charge is -2.32. The molecular weight excluding hydrogens is 643 g/mol. The first kappa shape index (κ1) is 31.9. The van der Waals surface area contributed by atoms with Crippen LogP contribution in [-0.4, -0.2) is 76.4 Å². The Hall–Kier alpha value is -5.63. The number of nitrogens with two attached hydrogens (primary N) is 1. The van der Waals surface area contributed by atoms with Gasteiger partial charge < -0.3 is 26.2 Å². The number of benzene rings is 2. The fourth-order valence-corrected chi connectivity index (χ4v) is 7.34. The first-order valence-corrected chi connectivity index (χ1v) is 17.0. The normalized spacial score (nSPS) is 18.7. The summed E-state index contributed by atoms with van der Waals surface area (Å²) in [7, 11) is 0. The van der Waals surface area contributed by atoms with Crippen LogP contribution in [0.2, 0.25) is 0 Å². The zero-order valence-corrected chi connectivity index (χ0v) is 27.4. The molecule has 14 heteroatoms. The van der Waals surface area contributed by atoms with Gasteiger partial charge in [0.25, 0.3) is 5.91 Å². The Morgan fingerprint density at radius 1 is 1.08 bits per heavy atom. The molecule has 0 aliphatic carbocycles. The van der Waals surface area contributed by atoms with E-state index < -0.39 is 11.9 Å². The topological polar surface area (TPSA) is 175 Å². The van der Waals surface area contributed by atoms with E-state index in [-0.39, 0.29) is 49.7 Å². The lowest BCUT2D eigenvalue weighted by molar-refractivity contribution is -0.137. The monoisotopic (exact) mass is 677 g/mol. The van der Waals surface area contributed by atoms with Gasteiger partial charge in [0, 0.05) is 59.8 Å². The number of fused-ring (bicyclic) bond motifs is 2. The summed E-state index contributed by atoms with van der Waals surface area (Å²) in [6.07, 6.45) is 7.27. The van der Waals surface area contributed by atoms with Crippen molar-refractivity contribution in [1.82, 2.24) is 20.2 Å². The predicted molar refractivity (Wildman–Crippen MR) is 189 cm³/mol. The van der Waals surface area contributed by atoms with Gasteiger partial charge in [-0.25, -0.2) is 4.98 Å². The van der Waals surface area contributed by atoms with Gasteiger partial charge in [-0.2, -0.15) is 0 Å². The molecule has 1 unspecified atom stereocenters. The van der Waals surface area contributed by atoms with Crippen molar-refractivity contribution in [2.75, 3.05) is 35.2 Å². The smallest absolute Gasteiger partial charge is 0.256 e. The second-order valence-corrected chi connectivity index (χ2v) is 13.1. The summed E-state index contributed by atoms with van der Waals surface area (Å²) in [5.41, 5.74) is 12.0. The summed E-state index contributed by atoms with van der Waals surface area (Å²) in [6, 6.07) is 15.1. The lowest BCUT2D eigenvalue weighted by Crippen LogP contribution is -2.52. The standard InChI is InChI=1S/C35H35N9O4S/c36-15-21(29-17-39-27-6-1-2-7-28(27)40-29)16-37-22-10-12-43(13-11-22)24-5-3-4-23(14-24)38-18-32(46)42-34-25-19-44(35(48)26(25)20-49-34)30-8-9-31(45)41-33(30)47/h1-7,14-17,20,22,30,38H,8-13,18-19,36H2,(H,42,46)(H,41,45,47). The van der Waals surface area contributed by atoms with Gasteiger partial charge in [-0.1, -0.05) is 18.2 Å². The van der Waals surface area contributed by atoms with Crippen molar-refractivity contribution in [3.8, 4) is 0 Å². The number of imide groups is 1. The van der Waals surface area contributed by atoms with Gasteiger partial charge in [-0.05, 0) is 49.6 Å². The van der Waals surface area contributed by atoms with Gasteiger partial charge in [0.1, 0.15) is 11.0 Å². The third-order valence-corrected chi connectivity index (χ3v) is 9.97. The Morgan fingerprint density at radius 3 is 2.69 bits per heavy atom. The molecule has 5 N–H and O–H groups in total. The molecule has 5 heterocycles. The highest BCUT2D eigenvalue weighted by Crippen LogP contribution is 2.37. The van der Waals surface area contributed by atoms with Crippen LogP contribution in [0.3, 0.4) is 0 Å². The van der Waals surface area contributed by atoms with E-state index in [9.17, 15) is 19.2 Å². The summed E-state index contributed by atoms with van der Waals surface area (Å²) >= 11 is 1.29. The Labute approximate surface area is 286 Å². The summed E-state index contributed by atoms with van der Waals surface area (Å²) in [4.78, 5) is 67.6. The fourth-order valence-electron chi connectivity index (χ4n) is 6.37. The van der Waals surface area contributed by atoms with Crippen LogP contribution < -0.4 is 26.6 Å². The Morgan fingerprint density at radius 2 is 1.90 bits per heavy atom. The quantitative estimate of drug-likeness (QED) is 0.153. The van der Waals surface area contributed by atoms with Gasteiger partial charge in [0.2, 0.25) is 17.7 Å². The molecule has 4 aromatic rings.